The van der Waals surface area contributed by atoms with E-state index < -0.39 is 24.7 Å². The molecule has 0 aliphatic rings. The van der Waals surface area contributed by atoms with Crippen LogP contribution in [0.4, 0.5) is 23.1 Å². The van der Waals surface area contributed by atoms with Crippen molar-refractivity contribution in [2.45, 2.75) is 12.6 Å². The first-order valence-corrected chi connectivity index (χ1v) is 5.81. The molecule has 0 saturated heterocycles. The number of methoxy groups -OCH3 is 1. The molecular weight excluding hydrogens is 287 g/mol. The zero-order valence-corrected chi connectivity index (χ0v) is 10.5. The topological polar surface area (TPSA) is 80.3 Å². The zero-order chi connectivity index (χ0) is 14.5. The maximum atomic E-state index is 11.8. The zero-order valence-electron chi connectivity index (χ0n) is 9.71. The fraction of sp³-hybridized carbons (Fsp3) is 0.444. The second-order valence-corrected chi connectivity index (χ2v) is 4.18. The molecule has 0 atom stereocenters. The van der Waals surface area contributed by atoms with Crippen LogP contribution >= 0.6 is 11.3 Å². The van der Waals surface area contributed by atoms with E-state index in [0.717, 1.165) is 11.3 Å². The van der Waals surface area contributed by atoms with Gasteiger partial charge in [-0.05, 0) is 0 Å². The van der Waals surface area contributed by atoms with E-state index in [1.165, 1.54) is 12.5 Å². The van der Waals surface area contributed by atoms with Crippen LogP contribution in [-0.4, -0.2) is 36.8 Å². The summed E-state index contributed by atoms with van der Waals surface area (Å²) >= 11 is 0.992. The van der Waals surface area contributed by atoms with Crippen molar-refractivity contribution in [1.29, 1.82) is 0 Å². The average Bonchev–Trinajstić information content (AvgIpc) is 2.73. The van der Waals surface area contributed by atoms with Gasteiger partial charge in [0.05, 0.1) is 19.2 Å². The van der Waals surface area contributed by atoms with Gasteiger partial charge < -0.3 is 10.1 Å². The third-order valence-electron chi connectivity index (χ3n) is 1.77. The number of carbonyl (C=O) groups is 2. The fourth-order valence-corrected chi connectivity index (χ4v) is 1.69. The summed E-state index contributed by atoms with van der Waals surface area (Å²) in [6.45, 7) is -1.43. The first kappa shape index (κ1) is 15.2. The monoisotopic (exact) mass is 297 g/mol. The molecule has 1 aromatic rings. The normalized spacial score (nSPS) is 10.9. The fourth-order valence-electron chi connectivity index (χ4n) is 0.987. The van der Waals surface area contributed by atoms with E-state index in [1.54, 1.807) is 5.32 Å². The van der Waals surface area contributed by atoms with Gasteiger partial charge in [-0.1, -0.05) is 0 Å². The second-order valence-electron chi connectivity index (χ2n) is 3.32. The Labute approximate surface area is 110 Å². The first-order chi connectivity index (χ1) is 8.80. The Hall–Kier alpha value is -1.84. The summed E-state index contributed by atoms with van der Waals surface area (Å²) in [6.07, 6.45) is -4.55. The number of hydrogen-bond donors (Lipinski definition) is 2. The summed E-state index contributed by atoms with van der Waals surface area (Å²) in [5.41, 5.74) is 0.364. The predicted octanol–water partition coefficient (Wildman–Crippen LogP) is 1.54. The Morgan fingerprint density at radius 3 is 2.74 bits per heavy atom. The highest BCUT2D eigenvalue weighted by molar-refractivity contribution is 7.13. The summed E-state index contributed by atoms with van der Waals surface area (Å²) in [7, 11) is 1.22. The molecule has 19 heavy (non-hydrogen) atoms. The maximum Gasteiger partial charge on any atom is 0.405 e. The van der Waals surface area contributed by atoms with Gasteiger partial charge in [-0.2, -0.15) is 13.2 Å². The molecule has 6 nitrogen and oxygen atoms in total. The predicted molar refractivity (Wildman–Crippen MR) is 60.9 cm³/mol. The van der Waals surface area contributed by atoms with Gasteiger partial charge in [0.2, 0.25) is 0 Å². The summed E-state index contributed by atoms with van der Waals surface area (Å²) < 4.78 is 39.9. The number of thiazole rings is 1. The first-order valence-electron chi connectivity index (χ1n) is 4.93. The van der Waals surface area contributed by atoms with Crippen molar-refractivity contribution in [3.63, 3.8) is 0 Å². The Morgan fingerprint density at radius 1 is 1.47 bits per heavy atom. The van der Waals surface area contributed by atoms with Crippen LogP contribution in [0.1, 0.15) is 5.69 Å². The van der Waals surface area contributed by atoms with Crippen LogP contribution in [0, 0.1) is 0 Å². The average molecular weight is 297 g/mol. The Kier molecular flexibility index (Phi) is 5.10. The number of urea groups is 1. The van der Waals surface area contributed by atoms with Crippen LogP contribution in [0.5, 0.6) is 0 Å². The Bertz CT molecular complexity index is 461. The molecule has 0 bridgehead atoms. The number of aromatic nitrogens is 1. The van der Waals surface area contributed by atoms with E-state index in [0.29, 0.717) is 5.69 Å². The molecule has 1 aromatic heterocycles. The smallest absolute Gasteiger partial charge is 0.405 e. The van der Waals surface area contributed by atoms with Gasteiger partial charge in [-0.15, -0.1) is 11.3 Å². The number of alkyl halides is 3. The standard InChI is InChI=1S/C9H10F3N3O3S/c1-18-6(16)2-5-3-19-8(14-5)15-7(17)13-4-9(10,11)12/h3H,2,4H2,1H3,(H2,13,14,15,17). The molecule has 0 fully saturated rings. The molecule has 0 radical (unpaired) electrons. The quantitative estimate of drug-likeness (QED) is 0.826. The number of nitrogens with one attached hydrogen (secondary N) is 2. The van der Waals surface area contributed by atoms with E-state index >= 15 is 0 Å². The van der Waals surface area contributed by atoms with Crippen molar-refractivity contribution in [3.05, 3.63) is 11.1 Å². The van der Waals surface area contributed by atoms with Gasteiger partial charge in [0.25, 0.3) is 0 Å². The van der Waals surface area contributed by atoms with E-state index in [2.05, 4.69) is 15.0 Å². The lowest BCUT2D eigenvalue weighted by Crippen LogP contribution is -2.36. The number of ether oxygens (including phenoxy) is 1. The summed E-state index contributed by atoms with van der Waals surface area (Å²) in [5.74, 6) is -0.502. The molecule has 1 heterocycles. The molecule has 10 heteroatoms. The van der Waals surface area contributed by atoms with Crippen molar-refractivity contribution in [3.8, 4) is 0 Å². The minimum Gasteiger partial charge on any atom is -0.469 e. The van der Waals surface area contributed by atoms with Crippen molar-refractivity contribution in [2.24, 2.45) is 0 Å². The number of halogens is 3. The Morgan fingerprint density at radius 2 is 2.16 bits per heavy atom. The second kappa shape index (κ2) is 6.36. The van der Waals surface area contributed by atoms with Crippen LogP contribution in [-0.2, 0) is 16.0 Å². The van der Waals surface area contributed by atoms with Crippen LogP contribution < -0.4 is 10.6 Å². The van der Waals surface area contributed by atoms with Crippen LogP contribution in [0.15, 0.2) is 5.38 Å². The van der Waals surface area contributed by atoms with Crippen molar-refractivity contribution >= 4 is 28.5 Å². The lowest BCUT2D eigenvalue weighted by Gasteiger charge is -2.07. The summed E-state index contributed by atoms with van der Waals surface area (Å²) in [4.78, 5) is 25.9. The highest BCUT2D eigenvalue weighted by Gasteiger charge is 2.27. The number of carbonyl (C=O) groups excluding carboxylic acids is 2. The third-order valence-corrected chi connectivity index (χ3v) is 2.58. The molecule has 0 spiro atoms. The van der Waals surface area contributed by atoms with Gasteiger partial charge in [-0.3, -0.25) is 10.1 Å². The molecule has 0 aromatic carbocycles. The maximum absolute atomic E-state index is 11.8. The van der Waals surface area contributed by atoms with Gasteiger partial charge in [0.1, 0.15) is 6.54 Å². The molecule has 2 amide bonds. The van der Waals surface area contributed by atoms with Crippen molar-refractivity contribution in [1.82, 2.24) is 10.3 Å². The number of rotatable bonds is 4. The molecule has 0 unspecified atom stereocenters. The summed E-state index contributed by atoms with van der Waals surface area (Å²) in [6, 6.07) is -1.02. The minimum atomic E-state index is -4.48. The number of nitrogens with zero attached hydrogens (tertiary/aromatic N) is 1. The highest BCUT2D eigenvalue weighted by Crippen LogP contribution is 2.16. The number of esters is 1. The molecule has 2 N–H and O–H groups in total. The lowest BCUT2D eigenvalue weighted by molar-refractivity contribution is -0.139. The van der Waals surface area contributed by atoms with E-state index in [-0.39, 0.29) is 11.6 Å². The van der Waals surface area contributed by atoms with Crippen LogP contribution in [0.3, 0.4) is 0 Å². The third kappa shape index (κ3) is 6.04. The number of amides is 2. The SMILES string of the molecule is COC(=O)Cc1csc(NC(=O)NCC(F)(F)F)n1. The van der Waals surface area contributed by atoms with Gasteiger partial charge in [-0.25, -0.2) is 9.78 Å². The molecule has 1 rings (SSSR count). The van der Waals surface area contributed by atoms with Crippen LogP contribution in [0.25, 0.3) is 0 Å². The number of anilines is 1. The molecular formula is C9H10F3N3O3S. The number of hydrogen-bond acceptors (Lipinski definition) is 5. The molecule has 0 aliphatic carbocycles. The van der Waals surface area contributed by atoms with Crippen molar-refractivity contribution < 1.29 is 27.5 Å². The lowest BCUT2D eigenvalue weighted by atomic mass is 10.3. The summed E-state index contributed by atoms with van der Waals surface area (Å²) in [5, 5.41) is 5.36. The van der Waals surface area contributed by atoms with E-state index in [1.807, 2.05) is 0 Å². The van der Waals surface area contributed by atoms with Crippen molar-refractivity contribution in [2.75, 3.05) is 19.0 Å². The molecule has 0 saturated carbocycles. The molecule has 0 aliphatic heterocycles. The van der Waals surface area contributed by atoms with Gasteiger partial charge >= 0.3 is 18.2 Å². The van der Waals surface area contributed by atoms with E-state index in [9.17, 15) is 22.8 Å². The molecule has 106 valence electrons. The van der Waals surface area contributed by atoms with Crippen LogP contribution in [0.2, 0.25) is 0 Å². The Balaban J connectivity index is 2.45. The highest BCUT2D eigenvalue weighted by atomic mass is 32.1. The van der Waals surface area contributed by atoms with E-state index in [4.69, 9.17) is 0 Å². The van der Waals surface area contributed by atoms with Gasteiger partial charge in [0.15, 0.2) is 5.13 Å². The van der Waals surface area contributed by atoms with Gasteiger partial charge in [0, 0.05) is 5.38 Å². The minimum absolute atomic E-state index is 0.0706. The largest absolute Gasteiger partial charge is 0.469 e.